The molecule has 0 saturated heterocycles. The molecule has 1 rings (SSSR count). The summed E-state index contributed by atoms with van der Waals surface area (Å²) in [6.45, 7) is 10.5. The highest BCUT2D eigenvalue weighted by molar-refractivity contribution is 5.78. The molecule has 3 nitrogen and oxygen atoms in total. The van der Waals surface area contributed by atoms with Crippen molar-refractivity contribution in [1.29, 1.82) is 0 Å². The molecule has 0 unspecified atom stereocenters. The van der Waals surface area contributed by atoms with Gasteiger partial charge in [0.25, 0.3) is 0 Å². The van der Waals surface area contributed by atoms with Crippen LogP contribution < -0.4 is 5.32 Å². The lowest BCUT2D eigenvalue weighted by molar-refractivity contribution is -0.126. The van der Waals surface area contributed by atoms with Gasteiger partial charge in [-0.3, -0.25) is 4.79 Å². The van der Waals surface area contributed by atoms with Crippen molar-refractivity contribution >= 4 is 5.91 Å². The predicted molar refractivity (Wildman–Crippen MR) is 85.8 cm³/mol. The van der Waals surface area contributed by atoms with E-state index >= 15 is 0 Å². The Hall–Kier alpha value is -0.570. The minimum atomic E-state index is 0.282. The zero-order valence-corrected chi connectivity index (χ0v) is 13.8. The molecule has 0 aromatic heterocycles. The van der Waals surface area contributed by atoms with Crippen LogP contribution in [0, 0.1) is 11.8 Å². The molecule has 0 heterocycles. The van der Waals surface area contributed by atoms with Crippen LogP contribution in [0.5, 0.6) is 0 Å². The predicted octanol–water partition coefficient (Wildman–Crippen LogP) is 3.44. The monoisotopic (exact) mass is 282 g/mol. The van der Waals surface area contributed by atoms with Gasteiger partial charge in [0.05, 0.1) is 0 Å². The van der Waals surface area contributed by atoms with Crippen LogP contribution in [-0.4, -0.2) is 37.0 Å². The van der Waals surface area contributed by atoms with Crippen LogP contribution in [0.4, 0.5) is 0 Å². The Labute approximate surface area is 125 Å². The SMILES string of the molecule is CCCCC1CCC(C(=O)NCCN(CC)CC)CC1. The lowest BCUT2D eigenvalue weighted by atomic mass is 9.79. The van der Waals surface area contributed by atoms with Crippen molar-refractivity contribution in [2.45, 2.75) is 65.7 Å². The van der Waals surface area contributed by atoms with Gasteiger partial charge in [-0.1, -0.05) is 40.0 Å². The van der Waals surface area contributed by atoms with E-state index in [1.807, 2.05) is 0 Å². The van der Waals surface area contributed by atoms with Gasteiger partial charge >= 0.3 is 0 Å². The molecule has 0 radical (unpaired) electrons. The molecule has 3 heteroatoms. The molecule has 0 aromatic rings. The van der Waals surface area contributed by atoms with Crippen molar-refractivity contribution in [2.24, 2.45) is 11.8 Å². The molecule has 1 fully saturated rings. The Morgan fingerprint density at radius 1 is 1.10 bits per heavy atom. The largest absolute Gasteiger partial charge is 0.355 e. The van der Waals surface area contributed by atoms with Crippen LogP contribution >= 0.6 is 0 Å². The van der Waals surface area contributed by atoms with Gasteiger partial charge in [-0.2, -0.15) is 0 Å². The number of hydrogen-bond acceptors (Lipinski definition) is 2. The summed E-state index contributed by atoms with van der Waals surface area (Å²) in [7, 11) is 0. The molecule has 0 aliphatic heterocycles. The van der Waals surface area contributed by atoms with Crippen LogP contribution in [0.3, 0.4) is 0 Å². The van der Waals surface area contributed by atoms with Gasteiger partial charge in [0.1, 0.15) is 0 Å². The van der Waals surface area contributed by atoms with Crippen LogP contribution in [0.25, 0.3) is 0 Å². The molecule has 0 aromatic carbocycles. The number of amides is 1. The Kier molecular flexibility index (Phi) is 8.92. The van der Waals surface area contributed by atoms with E-state index in [1.54, 1.807) is 0 Å². The first-order valence-corrected chi connectivity index (χ1v) is 8.71. The van der Waals surface area contributed by atoms with Gasteiger partial charge < -0.3 is 10.2 Å². The second-order valence-electron chi connectivity index (χ2n) is 6.18. The molecular weight excluding hydrogens is 248 g/mol. The first-order chi connectivity index (χ1) is 9.71. The normalized spacial score (nSPS) is 23.0. The van der Waals surface area contributed by atoms with E-state index in [-0.39, 0.29) is 5.92 Å². The van der Waals surface area contributed by atoms with Gasteiger partial charge in [0.15, 0.2) is 0 Å². The quantitative estimate of drug-likeness (QED) is 0.702. The molecular formula is C17H34N2O. The summed E-state index contributed by atoms with van der Waals surface area (Å²) in [5.74, 6) is 1.46. The minimum Gasteiger partial charge on any atom is -0.355 e. The van der Waals surface area contributed by atoms with E-state index in [1.165, 1.54) is 32.1 Å². The Morgan fingerprint density at radius 2 is 1.75 bits per heavy atom. The molecule has 20 heavy (non-hydrogen) atoms. The van der Waals surface area contributed by atoms with E-state index < -0.39 is 0 Å². The van der Waals surface area contributed by atoms with Crippen molar-refractivity contribution in [3.8, 4) is 0 Å². The van der Waals surface area contributed by atoms with Crippen LogP contribution in [0.2, 0.25) is 0 Å². The fourth-order valence-electron chi connectivity index (χ4n) is 3.23. The lowest BCUT2D eigenvalue weighted by Gasteiger charge is -2.28. The number of unbranched alkanes of at least 4 members (excludes halogenated alkanes) is 1. The summed E-state index contributed by atoms with van der Waals surface area (Å²) in [6.07, 6.45) is 8.74. The maximum absolute atomic E-state index is 12.1. The molecule has 0 bridgehead atoms. The minimum absolute atomic E-state index is 0.282. The van der Waals surface area contributed by atoms with Crippen LogP contribution in [-0.2, 0) is 4.79 Å². The zero-order valence-electron chi connectivity index (χ0n) is 13.8. The van der Waals surface area contributed by atoms with Gasteiger partial charge in [-0.05, 0) is 44.7 Å². The summed E-state index contributed by atoms with van der Waals surface area (Å²) in [5, 5.41) is 3.13. The van der Waals surface area contributed by atoms with Crippen molar-refractivity contribution in [3.63, 3.8) is 0 Å². The molecule has 0 atom stereocenters. The van der Waals surface area contributed by atoms with E-state index in [2.05, 4.69) is 31.0 Å². The van der Waals surface area contributed by atoms with Crippen molar-refractivity contribution < 1.29 is 4.79 Å². The Bertz CT molecular complexity index is 256. The second-order valence-corrected chi connectivity index (χ2v) is 6.18. The summed E-state index contributed by atoms with van der Waals surface area (Å²) >= 11 is 0. The summed E-state index contributed by atoms with van der Waals surface area (Å²) < 4.78 is 0. The number of hydrogen-bond donors (Lipinski definition) is 1. The van der Waals surface area contributed by atoms with E-state index in [4.69, 9.17) is 0 Å². The van der Waals surface area contributed by atoms with E-state index in [9.17, 15) is 4.79 Å². The molecule has 1 N–H and O–H groups in total. The second kappa shape index (κ2) is 10.2. The molecule has 118 valence electrons. The first kappa shape index (κ1) is 17.5. The molecule has 0 spiro atoms. The smallest absolute Gasteiger partial charge is 0.223 e. The van der Waals surface area contributed by atoms with E-state index in [0.717, 1.165) is 44.9 Å². The zero-order chi connectivity index (χ0) is 14.8. The lowest BCUT2D eigenvalue weighted by Crippen LogP contribution is -2.38. The summed E-state index contributed by atoms with van der Waals surface area (Å²) in [4.78, 5) is 14.5. The van der Waals surface area contributed by atoms with Crippen LogP contribution in [0.15, 0.2) is 0 Å². The summed E-state index contributed by atoms with van der Waals surface area (Å²) in [6, 6.07) is 0. The van der Waals surface area contributed by atoms with E-state index in [0.29, 0.717) is 5.91 Å². The number of carbonyl (C=O) groups is 1. The molecule has 1 aliphatic carbocycles. The topological polar surface area (TPSA) is 32.3 Å². The highest BCUT2D eigenvalue weighted by atomic mass is 16.1. The van der Waals surface area contributed by atoms with Gasteiger partial charge in [0, 0.05) is 19.0 Å². The number of nitrogens with zero attached hydrogens (tertiary/aromatic N) is 1. The van der Waals surface area contributed by atoms with Gasteiger partial charge in [0.2, 0.25) is 5.91 Å². The van der Waals surface area contributed by atoms with Crippen molar-refractivity contribution in [2.75, 3.05) is 26.2 Å². The fourth-order valence-corrected chi connectivity index (χ4v) is 3.23. The van der Waals surface area contributed by atoms with Gasteiger partial charge in [-0.25, -0.2) is 0 Å². The molecule has 1 aliphatic rings. The summed E-state index contributed by atoms with van der Waals surface area (Å²) in [5.41, 5.74) is 0. The first-order valence-electron chi connectivity index (χ1n) is 8.71. The van der Waals surface area contributed by atoms with Crippen LogP contribution in [0.1, 0.15) is 65.7 Å². The van der Waals surface area contributed by atoms with Crippen molar-refractivity contribution in [3.05, 3.63) is 0 Å². The molecule has 1 saturated carbocycles. The van der Waals surface area contributed by atoms with Crippen molar-refractivity contribution in [1.82, 2.24) is 10.2 Å². The third-order valence-corrected chi connectivity index (χ3v) is 4.81. The highest BCUT2D eigenvalue weighted by Gasteiger charge is 2.25. The number of carbonyl (C=O) groups excluding carboxylic acids is 1. The maximum atomic E-state index is 12.1. The average molecular weight is 282 g/mol. The maximum Gasteiger partial charge on any atom is 0.223 e. The highest BCUT2D eigenvalue weighted by Crippen LogP contribution is 2.31. The average Bonchev–Trinajstić information content (AvgIpc) is 2.50. The standard InChI is InChI=1S/C17H34N2O/c1-4-7-8-15-9-11-16(12-10-15)17(20)18-13-14-19(5-2)6-3/h15-16H,4-14H2,1-3H3,(H,18,20). The third-order valence-electron chi connectivity index (χ3n) is 4.81. The molecule has 1 amide bonds. The Morgan fingerprint density at radius 3 is 2.30 bits per heavy atom. The Balaban J connectivity index is 2.16. The number of nitrogens with one attached hydrogen (secondary N) is 1. The number of likely N-dealkylation sites (N-methyl/N-ethyl adjacent to an activating group) is 1. The van der Waals surface area contributed by atoms with Gasteiger partial charge in [-0.15, -0.1) is 0 Å². The fraction of sp³-hybridized carbons (Fsp3) is 0.941. The third kappa shape index (κ3) is 6.25. The number of rotatable bonds is 9.